The molecule has 0 spiro atoms. The summed E-state index contributed by atoms with van der Waals surface area (Å²) in [6.45, 7) is 0. The molecular formula is C13H8BrNO5. The Hall–Kier alpha value is -2.41. The molecule has 0 amide bonds. The number of nitro groups is 1. The van der Waals surface area contributed by atoms with Crippen LogP contribution in [0.1, 0.15) is 10.4 Å². The van der Waals surface area contributed by atoms with Crippen molar-refractivity contribution in [3.05, 3.63) is 62.6 Å². The van der Waals surface area contributed by atoms with Gasteiger partial charge in [-0.2, -0.15) is 0 Å². The van der Waals surface area contributed by atoms with Gasteiger partial charge in [-0.3, -0.25) is 10.1 Å². The summed E-state index contributed by atoms with van der Waals surface area (Å²) in [6, 6.07) is 9.94. The highest BCUT2D eigenvalue weighted by molar-refractivity contribution is 9.10. The topological polar surface area (TPSA) is 89.7 Å². The summed E-state index contributed by atoms with van der Waals surface area (Å²) in [5.74, 6) is -0.659. The highest BCUT2D eigenvalue weighted by atomic mass is 79.9. The van der Waals surface area contributed by atoms with Crippen molar-refractivity contribution in [2.45, 2.75) is 0 Å². The monoisotopic (exact) mass is 337 g/mol. The molecule has 6 nitrogen and oxygen atoms in total. The van der Waals surface area contributed by atoms with E-state index in [-0.39, 0.29) is 17.0 Å². The lowest BCUT2D eigenvalue weighted by molar-refractivity contribution is -0.385. The predicted octanol–water partition coefficient (Wildman–Crippen LogP) is 3.85. The molecule has 20 heavy (non-hydrogen) atoms. The molecule has 0 aromatic heterocycles. The van der Waals surface area contributed by atoms with Gasteiger partial charge in [-0.25, -0.2) is 4.79 Å². The van der Waals surface area contributed by atoms with Crippen LogP contribution in [0.3, 0.4) is 0 Å². The number of nitro benzene ring substituents is 1. The first-order valence-corrected chi connectivity index (χ1v) is 6.22. The zero-order valence-electron chi connectivity index (χ0n) is 9.95. The highest BCUT2D eigenvalue weighted by Gasteiger charge is 2.16. The van der Waals surface area contributed by atoms with Crippen molar-refractivity contribution >= 4 is 27.6 Å². The molecule has 2 aromatic carbocycles. The average Bonchev–Trinajstić information content (AvgIpc) is 2.39. The van der Waals surface area contributed by atoms with E-state index in [2.05, 4.69) is 15.9 Å². The van der Waals surface area contributed by atoms with Crippen LogP contribution in [0.15, 0.2) is 46.9 Å². The van der Waals surface area contributed by atoms with Gasteiger partial charge in [0.15, 0.2) is 0 Å². The Bertz CT molecular complexity index is 669. The first-order valence-electron chi connectivity index (χ1n) is 5.42. The van der Waals surface area contributed by atoms with Gasteiger partial charge in [-0.1, -0.05) is 15.9 Å². The molecule has 0 atom stereocenters. The number of benzene rings is 2. The summed E-state index contributed by atoms with van der Waals surface area (Å²) in [5.41, 5.74) is -0.0587. The van der Waals surface area contributed by atoms with Crippen LogP contribution in [0.2, 0.25) is 0 Å². The van der Waals surface area contributed by atoms with Gasteiger partial charge in [0.1, 0.15) is 5.75 Å². The molecule has 0 fully saturated rings. The normalized spacial score (nSPS) is 10.1. The van der Waals surface area contributed by atoms with E-state index in [1.165, 1.54) is 36.4 Å². The molecule has 0 aliphatic rings. The lowest BCUT2D eigenvalue weighted by Crippen LogP contribution is -1.96. The van der Waals surface area contributed by atoms with E-state index in [0.29, 0.717) is 10.2 Å². The number of halogens is 1. The van der Waals surface area contributed by atoms with Gasteiger partial charge in [0, 0.05) is 16.6 Å². The van der Waals surface area contributed by atoms with E-state index in [4.69, 9.17) is 9.84 Å². The summed E-state index contributed by atoms with van der Waals surface area (Å²) in [5, 5.41) is 19.7. The maximum absolute atomic E-state index is 10.9. The van der Waals surface area contributed by atoms with Crippen LogP contribution in [-0.4, -0.2) is 16.0 Å². The molecule has 1 N–H and O–H groups in total. The SMILES string of the molecule is O=C(O)c1ccc(Oc2cc(Br)ccc2[N+](=O)[O-])cc1. The Morgan fingerprint density at radius 3 is 2.40 bits per heavy atom. The zero-order valence-corrected chi connectivity index (χ0v) is 11.5. The van der Waals surface area contributed by atoms with E-state index in [1.807, 2.05) is 0 Å². The Labute approximate surface area is 121 Å². The minimum absolute atomic E-state index is 0.0763. The Morgan fingerprint density at radius 2 is 1.85 bits per heavy atom. The van der Waals surface area contributed by atoms with Crippen LogP contribution in [-0.2, 0) is 0 Å². The van der Waals surface area contributed by atoms with Gasteiger partial charge in [-0.15, -0.1) is 0 Å². The number of carbonyl (C=O) groups is 1. The number of nitrogens with zero attached hydrogens (tertiary/aromatic N) is 1. The minimum atomic E-state index is -1.05. The molecule has 0 radical (unpaired) electrons. The fourth-order valence-electron chi connectivity index (χ4n) is 1.51. The van der Waals surface area contributed by atoms with Crippen molar-refractivity contribution < 1.29 is 19.6 Å². The molecule has 0 heterocycles. The van der Waals surface area contributed by atoms with Crippen molar-refractivity contribution in [1.29, 1.82) is 0 Å². The van der Waals surface area contributed by atoms with E-state index >= 15 is 0 Å². The zero-order chi connectivity index (χ0) is 14.7. The largest absolute Gasteiger partial charge is 0.478 e. The third kappa shape index (κ3) is 3.12. The Kier molecular flexibility index (Phi) is 3.99. The maximum atomic E-state index is 10.9. The first kappa shape index (κ1) is 14.0. The van der Waals surface area contributed by atoms with Crippen LogP contribution >= 0.6 is 15.9 Å². The summed E-state index contributed by atoms with van der Waals surface area (Å²) < 4.78 is 6.06. The van der Waals surface area contributed by atoms with Gasteiger partial charge in [0.05, 0.1) is 10.5 Å². The van der Waals surface area contributed by atoms with Crippen LogP contribution in [0.25, 0.3) is 0 Å². The number of hydrogen-bond acceptors (Lipinski definition) is 4. The third-order valence-electron chi connectivity index (χ3n) is 2.45. The molecule has 2 aromatic rings. The quantitative estimate of drug-likeness (QED) is 0.676. The maximum Gasteiger partial charge on any atom is 0.335 e. The second-order valence-corrected chi connectivity index (χ2v) is 4.72. The minimum Gasteiger partial charge on any atom is -0.478 e. The molecule has 7 heteroatoms. The highest BCUT2D eigenvalue weighted by Crippen LogP contribution is 2.33. The molecule has 2 rings (SSSR count). The van der Waals surface area contributed by atoms with Crippen molar-refractivity contribution in [1.82, 2.24) is 0 Å². The Balaban J connectivity index is 2.31. The first-order chi connectivity index (χ1) is 9.47. The summed E-state index contributed by atoms with van der Waals surface area (Å²) >= 11 is 3.21. The molecular weight excluding hydrogens is 330 g/mol. The van der Waals surface area contributed by atoms with Crippen LogP contribution < -0.4 is 4.74 Å². The van der Waals surface area contributed by atoms with E-state index in [9.17, 15) is 14.9 Å². The molecule has 102 valence electrons. The molecule has 0 aliphatic heterocycles. The number of rotatable bonds is 4. The number of ether oxygens (including phenoxy) is 1. The van der Waals surface area contributed by atoms with Crippen molar-refractivity contribution in [2.75, 3.05) is 0 Å². The van der Waals surface area contributed by atoms with Gasteiger partial charge in [0.2, 0.25) is 5.75 Å². The fourth-order valence-corrected chi connectivity index (χ4v) is 1.85. The van der Waals surface area contributed by atoms with Crippen molar-refractivity contribution in [3.63, 3.8) is 0 Å². The number of hydrogen-bond donors (Lipinski definition) is 1. The van der Waals surface area contributed by atoms with E-state index < -0.39 is 10.9 Å². The Morgan fingerprint density at radius 1 is 1.20 bits per heavy atom. The average molecular weight is 338 g/mol. The number of carboxylic acids is 1. The van der Waals surface area contributed by atoms with E-state index in [0.717, 1.165) is 0 Å². The van der Waals surface area contributed by atoms with Gasteiger partial charge >= 0.3 is 11.7 Å². The van der Waals surface area contributed by atoms with Crippen molar-refractivity contribution in [2.24, 2.45) is 0 Å². The van der Waals surface area contributed by atoms with E-state index in [1.54, 1.807) is 6.07 Å². The lowest BCUT2D eigenvalue weighted by atomic mass is 10.2. The predicted molar refractivity (Wildman–Crippen MR) is 74.3 cm³/mol. The standard InChI is InChI=1S/C13H8BrNO5/c14-9-3-6-11(15(18)19)12(7-9)20-10-4-1-8(2-5-10)13(16)17/h1-7H,(H,16,17). The third-order valence-corrected chi connectivity index (χ3v) is 2.94. The molecule has 0 unspecified atom stereocenters. The summed E-state index contributed by atoms with van der Waals surface area (Å²) in [6.07, 6.45) is 0. The fraction of sp³-hybridized carbons (Fsp3) is 0. The van der Waals surface area contributed by atoms with Crippen LogP contribution in [0.4, 0.5) is 5.69 Å². The second-order valence-electron chi connectivity index (χ2n) is 3.80. The van der Waals surface area contributed by atoms with Crippen LogP contribution in [0.5, 0.6) is 11.5 Å². The molecule has 0 saturated heterocycles. The lowest BCUT2D eigenvalue weighted by Gasteiger charge is -2.07. The van der Waals surface area contributed by atoms with Crippen LogP contribution in [0, 0.1) is 10.1 Å². The second kappa shape index (κ2) is 5.70. The summed E-state index contributed by atoms with van der Waals surface area (Å²) in [7, 11) is 0. The van der Waals surface area contributed by atoms with Crippen molar-refractivity contribution in [3.8, 4) is 11.5 Å². The summed E-state index contributed by atoms with van der Waals surface area (Å²) in [4.78, 5) is 21.1. The molecule has 0 saturated carbocycles. The smallest absolute Gasteiger partial charge is 0.335 e. The molecule has 0 aliphatic carbocycles. The molecule has 0 bridgehead atoms. The number of aromatic carboxylic acids is 1. The van der Waals surface area contributed by atoms with Gasteiger partial charge in [0.25, 0.3) is 0 Å². The van der Waals surface area contributed by atoms with Gasteiger partial charge in [-0.05, 0) is 30.3 Å². The number of carboxylic acid groups (broad SMARTS) is 1. The van der Waals surface area contributed by atoms with Gasteiger partial charge < -0.3 is 9.84 Å².